The van der Waals surface area contributed by atoms with Crippen LogP contribution in [0.4, 0.5) is 5.69 Å². The lowest BCUT2D eigenvalue weighted by Crippen LogP contribution is -2.11. The van der Waals surface area contributed by atoms with Gasteiger partial charge in [0.25, 0.3) is 0 Å². The maximum absolute atomic E-state index is 11.2. The molecule has 106 valence electrons. The van der Waals surface area contributed by atoms with Crippen molar-refractivity contribution in [2.24, 2.45) is 5.14 Å². The van der Waals surface area contributed by atoms with E-state index in [-0.39, 0.29) is 4.90 Å². The fourth-order valence-corrected chi connectivity index (χ4v) is 2.17. The summed E-state index contributed by atoms with van der Waals surface area (Å²) >= 11 is 0. The van der Waals surface area contributed by atoms with Gasteiger partial charge >= 0.3 is 0 Å². The molecule has 0 spiro atoms. The minimum absolute atomic E-state index is 0.0619. The molecule has 0 fully saturated rings. The van der Waals surface area contributed by atoms with Gasteiger partial charge in [0, 0.05) is 25.8 Å². The van der Waals surface area contributed by atoms with Crippen LogP contribution in [0.15, 0.2) is 53.4 Å². The normalized spacial score (nSPS) is 11.2. The third kappa shape index (κ3) is 3.49. The average molecular weight is 292 g/mol. The fraction of sp³-hybridized carbons (Fsp3) is 0.143. The summed E-state index contributed by atoms with van der Waals surface area (Å²) in [6.45, 7) is 0. The number of sulfonamides is 1. The van der Waals surface area contributed by atoms with Crippen LogP contribution in [0.1, 0.15) is 0 Å². The van der Waals surface area contributed by atoms with E-state index in [1.807, 2.05) is 43.3 Å². The van der Waals surface area contributed by atoms with Crippen molar-refractivity contribution in [2.45, 2.75) is 4.90 Å². The molecule has 0 radical (unpaired) electrons. The van der Waals surface area contributed by atoms with Crippen LogP contribution in [0.3, 0.4) is 0 Å². The zero-order valence-corrected chi connectivity index (χ0v) is 12.1. The zero-order chi connectivity index (χ0) is 14.8. The zero-order valence-electron chi connectivity index (χ0n) is 11.3. The van der Waals surface area contributed by atoms with Crippen molar-refractivity contribution < 1.29 is 13.2 Å². The van der Waals surface area contributed by atoms with Crippen LogP contribution < -0.4 is 14.8 Å². The number of hydrogen-bond donors (Lipinski definition) is 1. The molecule has 2 aromatic rings. The van der Waals surface area contributed by atoms with Gasteiger partial charge in [-0.2, -0.15) is 0 Å². The number of nitrogens with zero attached hydrogens (tertiary/aromatic N) is 1. The molecule has 2 N–H and O–H groups in total. The summed E-state index contributed by atoms with van der Waals surface area (Å²) in [4.78, 5) is 2.03. The van der Waals surface area contributed by atoms with E-state index in [9.17, 15) is 8.42 Å². The number of ether oxygens (including phenoxy) is 1. The number of nitrogens with two attached hydrogens (primary N) is 1. The summed E-state index contributed by atoms with van der Waals surface area (Å²) in [7, 11) is 0.216. The average Bonchev–Trinajstić information content (AvgIpc) is 2.38. The quantitative estimate of drug-likeness (QED) is 0.937. The highest BCUT2D eigenvalue weighted by molar-refractivity contribution is 7.89. The van der Waals surface area contributed by atoms with Gasteiger partial charge < -0.3 is 9.64 Å². The minimum atomic E-state index is -3.67. The highest BCUT2D eigenvalue weighted by atomic mass is 32.2. The molecular formula is C14H16N2O3S. The first-order chi connectivity index (χ1) is 9.36. The Kier molecular flexibility index (Phi) is 3.96. The molecule has 0 atom stereocenters. The molecule has 2 rings (SSSR count). The van der Waals surface area contributed by atoms with E-state index in [4.69, 9.17) is 9.88 Å². The highest BCUT2D eigenvalue weighted by Crippen LogP contribution is 2.25. The molecule has 0 amide bonds. The number of rotatable bonds is 4. The van der Waals surface area contributed by atoms with Crippen molar-refractivity contribution in [3.8, 4) is 11.5 Å². The topological polar surface area (TPSA) is 72.6 Å². The molecular weight excluding hydrogens is 276 g/mol. The van der Waals surface area contributed by atoms with Gasteiger partial charge in [0.15, 0.2) is 0 Å². The van der Waals surface area contributed by atoms with E-state index >= 15 is 0 Å². The van der Waals surface area contributed by atoms with E-state index in [2.05, 4.69) is 0 Å². The van der Waals surface area contributed by atoms with Gasteiger partial charge in [-0.05, 0) is 36.4 Å². The van der Waals surface area contributed by atoms with Gasteiger partial charge in [-0.1, -0.05) is 6.07 Å². The summed E-state index contributed by atoms with van der Waals surface area (Å²) in [5.74, 6) is 1.23. The maximum Gasteiger partial charge on any atom is 0.238 e. The molecule has 0 bridgehead atoms. The lowest BCUT2D eigenvalue weighted by atomic mass is 10.3. The molecule has 2 aromatic carbocycles. The predicted molar refractivity (Wildman–Crippen MR) is 78.7 cm³/mol. The van der Waals surface area contributed by atoms with Gasteiger partial charge in [-0.25, -0.2) is 13.6 Å². The fourth-order valence-electron chi connectivity index (χ4n) is 1.66. The monoisotopic (exact) mass is 292 g/mol. The second-order valence-corrected chi connectivity index (χ2v) is 6.07. The van der Waals surface area contributed by atoms with Crippen LogP contribution in [0.25, 0.3) is 0 Å². The van der Waals surface area contributed by atoms with Crippen LogP contribution in [0.5, 0.6) is 11.5 Å². The van der Waals surface area contributed by atoms with Crippen LogP contribution in [-0.4, -0.2) is 22.5 Å². The molecule has 0 saturated heterocycles. The van der Waals surface area contributed by atoms with Gasteiger partial charge in [0.05, 0.1) is 4.90 Å². The smallest absolute Gasteiger partial charge is 0.238 e. The molecule has 5 nitrogen and oxygen atoms in total. The van der Waals surface area contributed by atoms with Gasteiger partial charge in [-0.3, -0.25) is 0 Å². The first kappa shape index (κ1) is 14.4. The lowest BCUT2D eigenvalue weighted by molar-refractivity contribution is 0.482. The molecule has 0 aromatic heterocycles. The van der Waals surface area contributed by atoms with Gasteiger partial charge in [0.1, 0.15) is 11.5 Å². The standard InChI is InChI=1S/C14H16N2O3S/c1-16(2)11-4-3-5-13(10-11)19-12-6-8-14(9-7-12)20(15,17)18/h3-10H,1-2H3,(H2,15,17,18). The third-order valence-corrected chi connectivity index (χ3v) is 3.65. The van der Waals surface area contributed by atoms with Crippen molar-refractivity contribution in [1.29, 1.82) is 0 Å². The number of benzene rings is 2. The Hall–Kier alpha value is -2.05. The van der Waals surface area contributed by atoms with E-state index in [0.717, 1.165) is 5.69 Å². The second kappa shape index (κ2) is 5.52. The summed E-state index contributed by atoms with van der Waals surface area (Å²) in [6.07, 6.45) is 0. The molecule has 6 heteroatoms. The Morgan fingerprint density at radius 1 is 1.00 bits per heavy atom. The number of primary sulfonamides is 1. The Bertz CT molecular complexity index is 695. The molecule has 0 saturated carbocycles. The molecule has 0 aliphatic heterocycles. The summed E-state index contributed by atoms with van der Waals surface area (Å²) in [6, 6.07) is 13.6. The maximum atomic E-state index is 11.2. The highest BCUT2D eigenvalue weighted by Gasteiger charge is 2.07. The van der Waals surface area contributed by atoms with Crippen LogP contribution in [0.2, 0.25) is 0 Å². The van der Waals surface area contributed by atoms with Crippen molar-refractivity contribution in [1.82, 2.24) is 0 Å². The summed E-state index contributed by atoms with van der Waals surface area (Å²) < 4.78 is 28.0. The predicted octanol–water partition coefficient (Wildman–Crippen LogP) is 2.19. The first-order valence-corrected chi connectivity index (χ1v) is 7.49. The second-order valence-electron chi connectivity index (χ2n) is 4.51. The third-order valence-electron chi connectivity index (χ3n) is 2.72. The first-order valence-electron chi connectivity index (χ1n) is 5.94. The molecule has 0 aliphatic carbocycles. The van der Waals surface area contributed by atoms with E-state index in [1.165, 1.54) is 12.1 Å². The van der Waals surface area contributed by atoms with Crippen molar-refractivity contribution in [3.63, 3.8) is 0 Å². The van der Waals surface area contributed by atoms with Crippen LogP contribution in [0, 0.1) is 0 Å². The molecule has 0 heterocycles. The summed E-state index contributed by atoms with van der Waals surface area (Å²) in [5.41, 5.74) is 1.02. The van der Waals surface area contributed by atoms with Crippen molar-refractivity contribution in [2.75, 3.05) is 19.0 Å². The molecule has 20 heavy (non-hydrogen) atoms. The van der Waals surface area contributed by atoms with E-state index in [0.29, 0.717) is 11.5 Å². The van der Waals surface area contributed by atoms with Crippen LogP contribution >= 0.6 is 0 Å². The molecule has 0 unspecified atom stereocenters. The lowest BCUT2D eigenvalue weighted by Gasteiger charge is -2.14. The largest absolute Gasteiger partial charge is 0.457 e. The van der Waals surface area contributed by atoms with Gasteiger partial charge in [0.2, 0.25) is 10.0 Å². The molecule has 0 aliphatic rings. The van der Waals surface area contributed by atoms with E-state index < -0.39 is 10.0 Å². The Balaban J connectivity index is 2.20. The number of anilines is 1. The Morgan fingerprint density at radius 2 is 1.65 bits per heavy atom. The van der Waals surface area contributed by atoms with Gasteiger partial charge in [-0.15, -0.1) is 0 Å². The number of hydrogen-bond acceptors (Lipinski definition) is 4. The van der Waals surface area contributed by atoms with Crippen LogP contribution in [-0.2, 0) is 10.0 Å². The Morgan fingerprint density at radius 3 is 2.20 bits per heavy atom. The van der Waals surface area contributed by atoms with Crippen molar-refractivity contribution >= 4 is 15.7 Å². The van der Waals surface area contributed by atoms with Crippen molar-refractivity contribution in [3.05, 3.63) is 48.5 Å². The van der Waals surface area contributed by atoms with E-state index in [1.54, 1.807) is 12.1 Å². The minimum Gasteiger partial charge on any atom is -0.457 e. The Labute approximate surface area is 118 Å². The SMILES string of the molecule is CN(C)c1cccc(Oc2ccc(S(N)(=O)=O)cc2)c1. The summed E-state index contributed by atoms with van der Waals surface area (Å²) in [5, 5.41) is 5.04.